The molecule has 0 bridgehead atoms. The number of hydrogen-bond donors (Lipinski definition) is 0. The molecule has 0 aliphatic carbocycles. The SMILES string of the molecule is CSC=CC=S. The zero-order chi connectivity index (χ0) is 4.83. The van der Waals surface area contributed by atoms with Crippen molar-refractivity contribution in [1.82, 2.24) is 0 Å². The summed E-state index contributed by atoms with van der Waals surface area (Å²) < 4.78 is 0. The zero-order valence-electron chi connectivity index (χ0n) is 3.55. The van der Waals surface area contributed by atoms with E-state index >= 15 is 0 Å². The summed E-state index contributed by atoms with van der Waals surface area (Å²) in [6.45, 7) is 0. The highest BCUT2D eigenvalue weighted by atomic mass is 32.2. The van der Waals surface area contributed by atoms with Gasteiger partial charge in [0.25, 0.3) is 0 Å². The molecule has 0 atom stereocenters. The van der Waals surface area contributed by atoms with Crippen molar-refractivity contribution in [2.75, 3.05) is 6.26 Å². The molecule has 0 heterocycles. The van der Waals surface area contributed by atoms with E-state index in [1.165, 1.54) is 0 Å². The molecule has 0 aromatic rings. The topological polar surface area (TPSA) is 0 Å². The fraction of sp³-hybridized carbons (Fsp3) is 0.250. The molecular formula is C4H6S2. The molecule has 0 unspecified atom stereocenters. The molecule has 0 saturated carbocycles. The molecule has 6 heavy (non-hydrogen) atoms. The number of thioether (sulfide) groups is 1. The minimum atomic E-state index is 1.59. The van der Waals surface area contributed by atoms with Crippen LogP contribution in [0.5, 0.6) is 0 Å². The number of allylic oxidation sites excluding steroid dienone is 1. The average molecular weight is 118 g/mol. The van der Waals surface area contributed by atoms with Crippen LogP contribution in [0.25, 0.3) is 0 Å². The summed E-state index contributed by atoms with van der Waals surface area (Å²) in [5.41, 5.74) is 0. The van der Waals surface area contributed by atoms with Gasteiger partial charge in [-0.05, 0) is 17.7 Å². The molecule has 34 valence electrons. The first-order chi connectivity index (χ1) is 2.91. The van der Waals surface area contributed by atoms with Gasteiger partial charge in [0, 0.05) is 5.37 Å². The highest BCUT2D eigenvalue weighted by Gasteiger charge is 1.55. The van der Waals surface area contributed by atoms with Crippen molar-refractivity contribution in [3.8, 4) is 0 Å². The first-order valence-corrected chi connectivity index (χ1v) is 3.31. The van der Waals surface area contributed by atoms with E-state index in [1.807, 2.05) is 17.7 Å². The third kappa shape index (κ3) is 4.18. The van der Waals surface area contributed by atoms with Crippen LogP contribution < -0.4 is 0 Å². The molecule has 0 nitrogen and oxygen atoms in total. The Morgan fingerprint density at radius 2 is 2.33 bits per heavy atom. The quantitative estimate of drug-likeness (QED) is 0.401. The Hall–Kier alpha value is 0.180. The Morgan fingerprint density at radius 1 is 1.67 bits per heavy atom. The Labute approximate surface area is 47.6 Å². The van der Waals surface area contributed by atoms with Crippen LogP contribution in [-0.4, -0.2) is 11.6 Å². The fourth-order valence-corrected chi connectivity index (χ4v) is 0.524. The molecule has 0 aromatic heterocycles. The van der Waals surface area contributed by atoms with Gasteiger partial charge < -0.3 is 0 Å². The van der Waals surface area contributed by atoms with E-state index in [4.69, 9.17) is 0 Å². The second-order valence-electron chi connectivity index (χ2n) is 0.700. The van der Waals surface area contributed by atoms with Crippen molar-refractivity contribution >= 4 is 29.3 Å². The van der Waals surface area contributed by atoms with E-state index in [2.05, 4.69) is 12.2 Å². The van der Waals surface area contributed by atoms with Gasteiger partial charge in [-0.1, -0.05) is 12.2 Å². The van der Waals surface area contributed by atoms with E-state index in [-0.39, 0.29) is 0 Å². The molecule has 0 spiro atoms. The zero-order valence-corrected chi connectivity index (χ0v) is 5.18. The summed E-state index contributed by atoms with van der Waals surface area (Å²) in [5, 5.41) is 3.53. The maximum atomic E-state index is 4.49. The summed E-state index contributed by atoms with van der Waals surface area (Å²) in [6.07, 6.45) is 3.83. The second-order valence-corrected chi connectivity index (χ2v) is 1.72. The van der Waals surface area contributed by atoms with Gasteiger partial charge in [0.2, 0.25) is 0 Å². The number of thiocarbonyl (C=S) groups is 1. The first kappa shape index (κ1) is 6.18. The van der Waals surface area contributed by atoms with Crippen molar-refractivity contribution in [2.45, 2.75) is 0 Å². The molecule has 0 saturated heterocycles. The Kier molecular flexibility index (Phi) is 5.34. The monoisotopic (exact) mass is 118 g/mol. The maximum Gasteiger partial charge on any atom is 0.00186 e. The molecule has 0 fully saturated rings. The van der Waals surface area contributed by atoms with Gasteiger partial charge >= 0.3 is 0 Å². The largest absolute Gasteiger partial charge is 0.138 e. The molecule has 0 rings (SSSR count). The van der Waals surface area contributed by atoms with Gasteiger partial charge in [0.15, 0.2) is 0 Å². The normalized spacial score (nSPS) is 9.50. The van der Waals surface area contributed by atoms with Gasteiger partial charge in [-0.2, -0.15) is 0 Å². The lowest BCUT2D eigenvalue weighted by atomic mass is 10.8. The molecule has 0 aliphatic rings. The van der Waals surface area contributed by atoms with Crippen molar-refractivity contribution < 1.29 is 0 Å². The van der Waals surface area contributed by atoms with Crippen LogP contribution in [0.15, 0.2) is 11.5 Å². The molecule has 0 aliphatic heterocycles. The van der Waals surface area contributed by atoms with Crippen molar-refractivity contribution in [1.29, 1.82) is 0 Å². The van der Waals surface area contributed by atoms with Crippen LogP contribution in [0.3, 0.4) is 0 Å². The highest BCUT2D eigenvalue weighted by Crippen LogP contribution is 1.89. The number of rotatable bonds is 2. The summed E-state index contributed by atoms with van der Waals surface area (Å²) in [6, 6.07) is 0. The summed E-state index contributed by atoms with van der Waals surface area (Å²) >= 11 is 6.14. The van der Waals surface area contributed by atoms with Crippen LogP contribution in [0.4, 0.5) is 0 Å². The Morgan fingerprint density at radius 3 is 2.50 bits per heavy atom. The second kappa shape index (κ2) is 5.18. The van der Waals surface area contributed by atoms with E-state index in [0.717, 1.165) is 0 Å². The third-order valence-electron chi connectivity index (χ3n) is 0.293. The Bertz CT molecular complexity index is 56.6. The summed E-state index contributed by atoms with van der Waals surface area (Å²) in [5.74, 6) is 0. The average Bonchev–Trinajstić information content (AvgIpc) is 1.61. The van der Waals surface area contributed by atoms with E-state index in [9.17, 15) is 0 Å². The first-order valence-electron chi connectivity index (χ1n) is 1.55. The van der Waals surface area contributed by atoms with Gasteiger partial charge in [-0.15, -0.1) is 11.8 Å². The van der Waals surface area contributed by atoms with Crippen LogP contribution in [-0.2, 0) is 0 Å². The van der Waals surface area contributed by atoms with E-state index < -0.39 is 0 Å². The predicted octanol–water partition coefficient (Wildman–Crippen LogP) is 1.86. The molecule has 0 aromatic carbocycles. The van der Waals surface area contributed by atoms with Gasteiger partial charge in [-0.3, -0.25) is 0 Å². The number of hydrogen-bond acceptors (Lipinski definition) is 2. The van der Waals surface area contributed by atoms with E-state index in [0.29, 0.717) is 0 Å². The summed E-state index contributed by atoms with van der Waals surface area (Å²) in [4.78, 5) is 0. The third-order valence-corrected chi connectivity index (χ3v) is 0.880. The van der Waals surface area contributed by atoms with Gasteiger partial charge in [0.1, 0.15) is 0 Å². The highest BCUT2D eigenvalue weighted by molar-refractivity contribution is 8.01. The van der Waals surface area contributed by atoms with Crippen LogP contribution >= 0.6 is 24.0 Å². The van der Waals surface area contributed by atoms with Crippen molar-refractivity contribution in [3.63, 3.8) is 0 Å². The molecular weight excluding hydrogens is 112 g/mol. The lowest BCUT2D eigenvalue weighted by Gasteiger charge is -1.67. The minimum Gasteiger partial charge on any atom is -0.138 e. The van der Waals surface area contributed by atoms with Crippen LogP contribution in [0, 0.1) is 0 Å². The molecule has 2 heteroatoms. The smallest absolute Gasteiger partial charge is 0.00186 e. The molecule has 0 N–H and O–H groups in total. The predicted molar refractivity (Wildman–Crippen MR) is 36.3 cm³/mol. The summed E-state index contributed by atoms with van der Waals surface area (Å²) in [7, 11) is 0. The Balaban J connectivity index is 2.94. The standard InChI is InChI=1S/C4H6S2/c1-6-4-2-3-5/h2-4H,1H3. The van der Waals surface area contributed by atoms with Crippen LogP contribution in [0.2, 0.25) is 0 Å². The van der Waals surface area contributed by atoms with Gasteiger partial charge in [-0.25, -0.2) is 0 Å². The van der Waals surface area contributed by atoms with Crippen LogP contribution in [0.1, 0.15) is 0 Å². The van der Waals surface area contributed by atoms with E-state index in [1.54, 1.807) is 17.1 Å². The molecule has 0 radical (unpaired) electrons. The minimum absolute atomic E-state index is 1.59. The van der Waals surface area contributed by atoms with Crippen molar-refractivity contribution in [2.24, 2.45) is 0 Å². The maximum absolute atomic E-state index is 4.49. The molecule has 0 amide bonds. The van der Waals surface area contributed by atoms with Crippen molar-refractivity contribution in [3.05, 3.63) is 11.5 Å². The van der Waals surface area contributed by atoms with Gasteiger partial charge in [0.05, 0.1) is 0 Å². The fourth-order valence-electron chi connectivity index (χ4n) is 0.111. The lowest BCUT2D eigenvalue weighted by molar-refractivity contribution is 2.40. The lowest BCUT2D eigenvalue weighted by Crippen LogP contribution is -1.47.